The summed E-state index contributed by atoms with van der Waals surface area (Å²) >= 11 is 2.98. The van der Waals surface area contributed by atoms with Gasteiger partial charge in [-0.1, -0.05) is 274 Å². The largest absolute Gasteiger partial charge is 0.268 e. The van der Waals surface area contributed by atoms with Crippen LogP contribution in [0.25, 0.3) is 10.1 Å². The second-order valence-corrected chi connectivity index (χ2v) is 15.3. The van der Waals surface area contributed by atoms with Gasteiger partial charge in [-0.2, -0.15) is 0 Å². The molecule has 0 N–H and O–H groups in total. The summed E-state index contributed by atoms with van der Waals surface area (Å²) in [5.41, 5.74) is 1.12. The van der Waals surface area contributed by atoms with Gasteiger partial charge in [0.2, 0.25) is 0 Å². The Labute approximate surface area is 362 Å². The molecule has 0 aliphatic rings. The molecule has 4 nitrogen and oxygen atoms in total. The number of aromatic nitrogens is 2. The van der Waals surface area contributed by atoms with Crippen LogP contribution < -0.4 is 11.1 Å². The van der Waals surface area contributed by atoms with E-state index in [1.807, 2.05) is 93.5 Å². The average Bonchev–Trinajstić information content (AvgIpc) is 3.63. The first kappa shape index (κ1) is 69.0. The molecular formula is C50H104N2O2S2. The Kier molecular flexibility index (Phi) is 71.0. The molecule has 56 heavy (non-hydrogen) atoms. The molecule has 0 saturated heterocycles. The topological polar surface area (TPSA) is 44.0 Å². The van der Waals surface area contributed by atoms with Crippen LogP contribution in [0.15, 0.2) is 33.9 Å². The molecule has 0 aliphatic carbocycles. The van der Waals surface area contributed by atoms with Gasteiger partial charge < -0.3 is 0 Å². The van der Waals surface area contributed by atoms with Gasteiger partial charge in [-0.15, -0.1) is 0 Å². The van der Waals surface area contributed by atoms with Crippen LogP contribution in [0.2, 0.25) is 0 Å². The number of hydrogen-bond acceptors (Lipinski definition) is 4. The minimum atomic E-state index is 0. The fraction of sp³-hybridized carbons (Fsp3) is 0.800. The molecule has 0 fully saturated rings. The highest BCUT2D eigenvalue weighted by Gasteiger charge is 2.02. The Morgan fingerprint density at radius 3 is 0.911 bits per heavy atom. The van der Waals surface area contributed by atoms with Crippen LogP contribution in [0.1, 0.15) is 250 Å². The van der Waals surface area contributed by atoms with Crippen molar-refractivity contribution in [2.24, 2.45) is 14.1 Å². The zero-order valence-corrected chi connectivity index (χ0v) is 41.0. The smallest absolute Gasteiger partial charge is 0.268 e. The number of aryl methyl sites for hydroxylation is 3. The van der Waals surface area contributed by atoms with Crippen molar-refractivity contribution in [3.05, 3.63) is 55.4 Å². The van der Waals surface area contributed by atoms with Gasteiger partial charge in [-0.25, -0.2) is 0 Å². The van der Waals surface area contributed by atoms with Crippen molar-refractivity contribution in [1.29, 1.82) is 0 Å². The first-order chi connectivity index (χ1) is 26.2. The molecule has 0 amide bonds. The monoisotopic (exact) mass is 829 g/mol. The quantitative estimate of drug-likeness (QED) is 0.107. The molecule has 0 radical (unpaired) electrons. The van der Waals surface area contributed by atoms with Crippen molar-refractivity contribution in [2.45, 2.75) is 253 Å². The lowest BCUT2D eigenvalue weighted by Gasteiger charge is -2.02. The number of benzene rings is 1. The van der Waals surface area contributed by atoms with Gasteiger partial charge in [-0.05, 0) is 26.0 Å². The summed E-state index contributed by atoms with van der Waals surface area (Å²) in [5, 5.41) is 0.819. The van der Waals surface area contributed by atoms with E-state index >= 15 is 0 Å². The molecule has 0 atom stereocenters. The Balaban J connectivity index is -0.000000109. The number of unbranched alkanes of at least 4 members (excludes halogenated alkanes) is 20. The summed E-state index contributed by atoms with van der Waals surface area (Å²) in [6, 6.07) is 7.64. The van der Waals surface area contributed by atoms with E-state index in [1.54, 1.807) is 22.0 Å². The fourth-order valence-corrected chi connectivity index (χ4v) is 6.98. The number of nitrogens with zero attached hydrogens (tertiary/aromatic N) is 2. The highest BCUT2D eigenvalue weighted by molar-refractivity contribution is 7.13. The zero-order valence-electron chi connectivity index (χ0n) is 39.4. The van der Waals surface area contributed by atoms with Crippen molar-refractivity contribution < 1.29 is 0 Å². The van der Waals surface area contributed by atoms with E-state index in [9.17, 15) is 9.59 Å². The van der Waals surface area contributed by atoms with E-state index in [1.165, 1.54) is 164 Å². The van der Waals surface area contributed by atoms with Crippen LogP contribution >= 0.6 is 23.1 Å². The standard InChI is InChI=1S/C17H36.C9H20.C8H7NOS.C6H9NOS.4C2H6.2CH4/c1-3-5-7-9-11-13-15-17-16-14-12-10-8-6-4-2;1-3-5-7-9-8-6-4-2;1-9-8(10)6-4-2-3-5-7(6)11-9;1-4-5(2)9-7(3)6(4)8;4*1-2;;/h3-17H2,1-2H3;3-9H2,1-2H3;2-5H,1H3;1-3H3;4*1-2H3;2*1H4. The van der Waals surface area contributed by atoms with Crippen molar-refractivity contribution in [3.63, 3.8) is 0 Å². The highest BCUT2D eigenvalue weighted by atomic mass is 32.1. The molecule has 3 aromatic rings. The molecule has 2 heterocycles. The van der Waals surface area contributed by atoms with Gasteiger partial charge in [0.05, 0.1) is 10.1 Å². The molecule has 0 spiro atoms. The maximum atomic E-state index is 11.3. The van der Waals surface area contributed by atoms with Crippen molar-refractivity contribution in [2.75, 3.05) is 0 Å². The molecule has 0 saturated carbocycles. The maximum absolute atomic E-state index is 11.3. The predicted molar refractivity (Wildman–Crippen MR) is 269 cm³/mol. The Morgan fingerprint density at radius 2 is 0.696 bits per heavy atom. The summed E-state index contributed by atoms with van der Waals surface area (Å²) in [6.07, 6.45) is 31.9. The Morgan fingerprint density at radius 1 is 0.429 bits per heavy atom. The first-order valence-electron chi connectivity index (χ1n) is 22.9. The van der Waals surface area contributed by atoms with Gasteiger partial charge >= 0.3 is 0 Å². The molecule has 338 valence electrons. The SMILES string of the molecule is C.C.CC.CC.CC.CC.CCCCCCCCC.CCCCCCCCCCCCCCCCC.Cc1sn(C)c(=O)c1C.Cn1sc2ccccc2c1=O. The maximum Gasteiger partial charge on any atom is 0.268 e. The van der Waals surface area contributed by atoms with E-state index < -0.39 is 0 Å². The van der Waals surface area contributed by atoms with E-state index in [0.717, 1.165) is 20.5 Å². The van der Waals surface area contributed by atoms with Gasteiger partial charge in [0.25, 0.3) is 11.1 Å². The van der Waals surface area contributed by atoms with Gasteiger partial charge in [0.15, 0.2) is 0 Å². The Bertz CT molecular complexity index is 1190. The van der Waals surface area contributed by atoms with E-state index in [-0.39, 0.29) is 26.0 Å². The highest BCUT2D eigenvalue weighted by Crippen LogP contribution is 2.15. The minimum Gasteiger partial charge on any atom is -0.268 e. The van der Waals surface area contributed by atoms with Crippen molar-refractivity contribution in [3.8, 4) is 0 Å². The molecule has 0 bridgehead atoms. The molecule has 1 aromatic carbocycles. The third-order valence-corrected chi connectivity index (χ3v) is 10.5. The Hall–Kier alpha value is -1.66. The molecule has 2 aromatic heterocycles. The van der Waals surface area contributed by atoms with E-state index in [2.05, 4.69) is 27.7 Å². The molecule has 0 aliphatic heterocycles. The summed E-state index contributed by atoms with van der Waals surface area (Å²) in [7, 11) is 3.57. The molecule has 6 heteroatoms. The van der Waals surface area contributed by atoms with Crippen molar-refractivity contribution in [1.82, 2.24) is 7.91 Å². The van der Waals surface area contributed by atoms with Crippen LogP contribution in [0.5, 0.6) is 0 Å². The molecular weight excluding hydrogens is 725 g/mol. The third-order valence-electron chi connectivity index (χ3n) is 8.46. The van der Waals surface area contributed by atoms with Crippen molar-refractivity contribution >= 4 is 33.2 Å². The van der Waals surface area contributed by atoms with E-state index in [0.29, 0.717) is 0 Å². The number of fused-ring (bicyclic) bond motifs is 1. The van der Waals surface area contributed by atoms with Crippen LogP contribution in [-0.4, -0.2) is 7.91 Å². The predicted octanol–water partition coefficient (Wildman–Crippen LogP) is 18.7. The second kappa shape index (κ2) is 57.7. The summed E-state index contributed by atoms with van der Waals surface area (Å²) < 4.78 is 4.34. The van der Waals surface area contributed by atoms with Crippen LogP contribution in [0.3, 0.4) is 0 Å². The third kappa shape index (κ3) is 42.0. The first-order valence-corrected chi connectivity index (χ1v) is 24.5. The average molecular weight is 830 g/mol. The van der Waals surface area contributed by atoms with Gasteiger partial charge in [-0.3, -0.25) is 17.5 Å². The lowest BCUT2D eigenvalue weighted by Crippen LogP contribution is -2.10. The second-order valence-electron chi connectivity index (χ2n) is 12.8. The zero-order chi connectivity index (χ0) is 42.4. The summed E-state index contributed by atoms with van der Waals surface area (Å²) in [6.45, 7) is 28.9. The molecule has 0 unspecified atom stereocenters. The number of rotatable bonds is 20. The fourth-order valence-electron chi connectivity index (χ4n) is 5.26. The summed E-state index contributed by atoms with van der Waals surface area (Å²) in [5.74, 6) is 0. The van der Waals surface area contributed by atoms with Gasteiger partial charge in [0.1, 0.15) is 0 Å². The lowest BCUT2D eigenvalue weighted by atomic mass is 10.0. The normalized spacial score (nSPS) is 9.07. The number of hydrogen-bond donors (Lipinski definition) is 0. The summed E-state index contributed by atoms with van der Waals surface area (Å²) in [4.78, 5) is 23.4. The van der Waals surface area contributed by atoms with Gasteiger partial charge in [0, 0.05) is 24.5 Å². The molecule has 3 rings (SSSR count). The van der Waals surface area contributed by atoms with E-state index in [4.69, 9.17) is 0 Å². The minimum absolute atomic E-state index is 0. The van der Waals surface area contributed by atoms with Crippen LogP contribution in [-0.2, 0) is 14.1 Å². The van der Waals surface area contributed by atoms with Crippen LogP contribution in [0.4, 0.5) is 0 Å². The lowest BCUT2D eigenvalue weighted by molar-refractivity contribution is 0.534. The van der Waals surface area contributed by atoms with Crippen LogP contribution in [0, 0.1) is 13.8 Å².